The maximum atomic E-state index is 6.01. The van der Waals surface area contributed by atoms with Crippen molar-refractivity contribution < 1.29 is 0 Å². The first-order valence-electron chi connectivity index (χ1n) is 6.60. The van der Waals surface area contributed by atoms with E-state index in [2.05, 4.69) is 39.1 Å². The number of nitrogens with one attached hydrogen (secondary N) is 1. The predicted octanol–water partition coefficient (Wildman–Crippen LogP) is 4.82. The highest BCUT2D eigenvalue weighted by atomic mass is 35.5. The summed E-state index contributed by atoms with van der Waals surface area (Å²) < 4.78 is 0. The SMILES string of the molecule is CCC(CC)C(C)NC(C)c1cccc(Cl)c1. The summed E-state index contributed by atoms with van der Waals surface area (Å²) in [6.07, 6.45) is 2.46. The van der Waals surface area contributed by atoms with Gasteiger partial charge in [-0.1, -0.05) is 50.4 Å². The zero-order valence-electron chi connectivity index (χ0n) is 11.3. The highest BCUT2D eigenvalue weighted by Crippen LogP contribution is 2.20. The van der Waals surface area contributed by atoms with Crippen molar-refractivity contribution in [3.63, 3.8) is 0 Å². The van der Waals surface area contributed by atoms with Crippen LogP contribution < -0.4 is 5.32 Å². The van der Waals surface area contributed by atoms with Gasteiger partial charge in [-0.25, -0.2) is 0 Å². The molecule has 0 aliphatic rings. The summed E-state index contributed by atoms with van der Waals surface area (Å²) in [5, 5.41) is 4.48. The quantitative estimate of drug-likeness (QED) is 0.767. The van der Waals surface area contributed by atoms with E-state index in [-0.39, 0.29) is 0 Å². The van der Waals surface area contributed by atoms with E-state index in [0.717, 1.165) is 10.9 Å². The Kier molecular flexibility index (Phi) is 6.01. The lowest BCUT2D eigenvalue weighted by Gasteiger charge is -2.26. The Balaban J connectivity index is 2.62. The van der Waals surface area contributed by atoms with E-state index in [1.807, 2.05) is 18.2 Å². The van der Waals surface area contributed by atoms with Crippen molar-refractivity contribution in [1.29, 1.82) is 0 Å². The van der Waals surface area contributed by atoms with Crippen molar-refractivity contribution in [2.45, 2.75) is 52.6 Å². The van der Waals surface area contributed by atoms with Gasteiger partial charge in [-0.15, -0.1) is 0 Å². The van der Waals surface area contributed by atoms with Crippen LogP contribution >= 0.6 is 11.6 Å². The van der Waals surface area contributed by atoms with Crippen molar-refractivity contribution in [1.82, 2.24) is 5.32 Å². The largest absolute Gasteiger partial charge is 0.307 e. The maximum Gasteiger partial charge on any atom is 0.0409 e. The second kappa shape index (κ2) is 7.03. The lowest BCUT2D eigenvalue weighted by atomic mass is 9.94. The Morgan fingerprint density at radius 3 is 2.35 bits per heavy atom. The molecular weight excluding hydrogens is 230 g/mol. The standard InChI is InChI=1S/C15H24ClN/c1-5-13(6-2)11(3)17-12(4)14-8-7-9-15(16)10-14/h7-13,17H,5-6H2,1-4H3. The smallest absolute Gasteiger partial charge is 0.0409 e. The van der Waals surface area contributed by atoms with Crippen molar-refractivity contribution in [3.8, 4) is 0 Å². The van der Waals surface area contributed by atoms with Gasteiger partial charge in [0.2, 0.25) is 0 Å². The molecule has 0 amide bonds. The first kappa shape index (κ1) is 14.5. The van der Waals surface area contributed by atoms with Crippen molar-refractivity contribution in [3.05, 3.63) is 34.9 Å². The topological polar surface area (TPSA) is 12.0 Å². The minimum Gasteiger partial charge on any atom is -0.307 e. The first-order valence-corrected chi connectivity index (χ1v) is 6.97. The first-order chi connectivity index (χ1) is 8.08. The van der Waals surface area contributed by atoms with Gasteiger partial charge in [0.1, 0.15) is 0 Å². The van der Waals surface area contributed by atoms with Gasteiger partial charge in [0.15, 0.2) is 0 Å². The second-order valence-electron chi connectivity index (χ2n) is 4.81. The molecule has 1 N–H and O–H groups in total. The van der Waals surface area contributed by atoms with Crippen LogP contribution in [0.25, 0.3) is 0 Å². The summed E-state index contributed by atoms with van der Waals surface area (Å²) in [4.78, 5) is 0. The Hall–Kier alpha value is -0.530. The molecular formula is C15H24ClN. The molecule has 0 radical (unpaired) electrons. The third-order valence-corrected chi connectivity index (χ3v) is 3.85. The van der Waals surface area contributed by atoms with Gasteiger partial charge in [-0.2, -0.15) is 0 Å². The molecule has 0 saturated carbocycles. The Bertz CT molecular complexity index is 333. The number of rotatable bonds is 6. The Morgan fingerprint density at radius 1 is 1.18 bits per heavy atom. The van der Waals surface area contributed by atoms with Crippen LogP contribution in [0.5, 0.6) is 0 Å². The molecule has 2 unspecified atom stereocenters. The number of hydrogen-bond acceptors (Lipinski definition) is 1. The molecule has 17 heavy (non-hydrogen) atoms. The number of halogens is 1. The minimum atomic E-state index is 0.351. The molecule has 0 spiro atoms. The Morgan fingerprint density at radius 2 is 1.82 bits per heavy atom. The highest BCUT2D eigenvalue weighted by Gasteiger charge is 2.16. The predicted molar refractivity (Wildman–Crippen MR) is 76.5 cm³/mol. The highest BCUT2D eigenvalue weighted by molar-refractivity contribution is 6.30. The molecule has 0 bridgehead atoms. The second-order valence-corrected chi connectivity index (χ2v) is 5.25. The van der Waals surface area contributed by atoms with E-state index >= 15 is 0 Å². The Labute approximate surface area is 111 Å². The number of hydrogen-bond donors (Lipinski definition) is 1. The van der Waals surface area contributed by atoms with E-state index in [1.54, 1.807) is 0 Å². The molecule has 2 atom stereocenters. The number of benzene rings is 1. The lowest BCUT2D eigenvalue weighted by Crippen LogP contribution is -2.34. The van der Waals surface area contributed by atoms with Gasteiger partial charge in [-0.05, 0) is 37.5 Å². The van der Waals surface area contributed by atoms with Crippen molar-refractivity contribution in [2.75, 3.05) is 0 Å². The molecule has 0 saturated heterocycles. The van der Waals surface area contributed by atoms with Gasteiger partial charge in [0.05, 0.1) is 0 Å². The molecule has 2 heteroatoms. The van der Waals surface area contributed by atoms with Crippen LogP contribution in [0.3, 0.4) is 0 Å². The van der Waals surface area contributed by atoms with Crippen LogP contribution in [0.4, 0.5) is 0 Å². The normalized spacial score (nSPS) is 14.9. The summed E-state index contributed by atoms with van der Waals surface area (Å²) in [5.41, 5.74) is 1.26. The van der Waals surface area contributed by atoms with E-state index in [4.69, 9.17) is 11.6 Å². The summed E-state index contributed by atoms with van der Waals surface area (Å²) in [6, 6.07) is 8.99. The molecule has 1 nitrogen and oxygen atoms in total. The van der Waals surface area contributed by atoms with Gasteiger partial charge < -0.3 is 5.32 Å². The maximum absolute atomic E-state index is 6.01. The summed E-state index contributed by atoms with van der Waals surface area (Å²) in [6.45, 7) is 9.00. The fourth-order valence-electron chi connectivity index (χ4n) is 2.40. The fourth-order valence-corrected chi connectivity index (χ4v) is 2.60. The van der Waals surface area contributed by atoms with Gasteiger partial charge in [-0.3, -0.25) is 0 Å². The molecule has 1 aromatic carbocycles. The van der Waals surface area contributed by atoms with E-state index in [0.29, 0.717) is 12.1 Å². The zero-order valence-corrected chi connectivity index (χ0v) is 12.1. The van der Waals surface area contributed by atoms with E-state index in [9.17, 15) is 0 Å². The van der Waals surface area contributed by atoms with Crippen LogP contribution in [-0.2, 0) is 0 Å². The van der Waals surface area contributed by atoms with Crippen LogP contribution in [0.2, 0.25) is 5.02 Å². The third kappa shape index (κ3) is 4.33. The molecule has 0 heterocycles. The average molecular weight is 254 g/mol. The van der Waals surface area contributed by atoms with Gasteiger partial charge in [0, 0.05) is 17.1 Å². The zero-order chi connectivity index (χ0) is 12.8. The molecule has 1 aromatic rings. The van der Waals surface area contributed by atoms with E-state index < -0.39 is 0 Å². The summed E-state index contributed by atoms with van der Waals surface area (Å²) in [7, 11) is 0. The average Bonchev–Trinajstić information content (AvgIpc) is 2.30. The van der Waals surface area contributed by atoms with Gasteiger partial charge >= 0.3 is 0 Å². The molecule has 0 aliphatic carbocycles. The molecule has 0 aliphatic heterocycles. The fraction of sp³-hybridized carbons (Fsp3) is 0.600. The summed E-state index contributed by atoms with van der Waals surface area (Å²) in [5.74, 6) is 0.747. The van der Waals surface area contributed by atoms with Crippen LogP contribution in [0.15, 0.2) is 24.3 Å². The lowest BCUT2D eigenvalue weighted by molar-refractivity contribution is 0.330. The third-order valence-electron chi connectivity index (χ3n) is 3.62. The van der Waals surface area contributed by atoms with Crippen LogP contribution in [-0.4, -0.2) is 6.04 Å². The minimum absolute atomic E-state index is 0.351. The molecule has 1 rings (SSSR count). The molecule has 0 aromatic heterocycles. The molecule has 0 fully saturated rings. The van der Waals surface area contributed by atoms with Crippen molar-refractivity contribution >= 4 is 11.6 Å². The van der Waals surface area contributed by atoms with Crippen LogP contribution in [0, 0.1) is 5.92 Å². The monoisotopic (exact) mass is 253 g/mol. The van der Waals surface area contributed by atoms with Crippen LogP contribution in [0.1, 0.15) is 52.1 Å². The molecule has 96 valence electrons. The summed E-state index contributed by atoms with van der Waals surface area (Å²) >= 11 is 6.01. The van der Waals surface area contributed by atoms with Crippen molar-refractivity contribution in [2.24, 2.45) is 5.92 Å². The van der Waals surface area contributed by atoms with E-state index in [1.165, 1.54) is 18.4 Å². The van der Waals surface area contributed by atoms with Gasteiger partial charge in [0.25, 0.3) is 0 Å².